The van der Waals surface area contributed by atoms with Crippen LogP contribution in [0.5, 0.6) is 0 Å². The van der Waals surface area contributed by atoms with Crippen LogP contribution in [0.4, 0.5) is 11.6 Å². The maximum atomic E-state index is 5.72. The number of aromatic nitrogens is 3. The van der Waals surface area contributed by atoms with Gasteiger partial charge in [0.15, 0.2) is 11.5 Å². The Morgan fingerprint density at radius 3 is 2.88 bits per heavy atom. The molecular weight excluding hydrogens is 202 g/mol. The second-order valence-corrected chi connectivity index (χ2v) is 5.09. The van der Waals surface area contributed by atoms with Gasteiger partial charge in [-0.15, -0.1) is 0 Å². The fraction of sp³-hybridized carbons (Fsp3) is 0.455. The molecule has 0 aliphatic heterocycles. The summed E-state index contributed by atoms with van der Waals surface area (Å²) in [5, 5.41) is 3.28. The molecule has 0 aliphatic rings. The van der Waals surface area contributed by atoms with Crippen molar-refractivity contribution >= 4 is 17.3 Å². The van der Waals surface area contributed by atoms with Crippen molar-refractivity contribution in [3.63, 3.8) is 0 Å². The van der Waals surface area contributed by atoms with Gasteiger partial charge in [-0.2, -0.15) is 0 Å². The maximum Gasteiger partial charge on any atom is 0.180 e. The van der Waals surface area contributed by atoms with Crippen molar-refractivity contribution in [2.24, 2.45) is 5.41 Å². The fourth-order valence-electron chi connectivity index (χ4n) is 1.42. The highest BCUT2D eigenvalue weighted by atomic mass is 15.1. The molecule has 0 aromatic carbocycles. The van der Waals surface area contributed by atoms with Crippen LogP contribution < -0.4 is 11.1 Å². The first-order chi connectivity index (χ1) is 7.46. The highest BCUT2D eigenvalue weighted by Crippen LogP contribution is 2.18. The van der Waals surface area contributed by atoms with Crippen molar-refractivity contribution in [1.29, 1.82) is 0 Å². The highest BCUT2D eigenvalue weighted by Gasteiger charge is 2.12. The molecule has 0 saturated carbocycles. The van der Waals surface area contributed by atoms with Crippen LogP contribution in [0.25, 0.3) is 5.65 Å². The summed E-state index contributed by atoms with van der Waals surface area (Å²) >= 11 is 0. The van der Waals surface area contributed by atoms with E-state index in [4.69, 9.17) is 5.73 Å². The quantitative estimate of drug-likeness (QED) is 0.807. The fourth-order valence-corrected chi connectivity index (χ4v) is 1.42. The molecule has 0 unspecified atom stereocenters. The number of nitrogens with zero attached hydrogens (tertiary/aromatic N) is 3. The van der Waals surface area contributed by atoms with Gasteiger partial charge in [-0.05, 0) is 5.41 Å². The Balaban J connectivity index is 2.32. The summed E-state index contributed by atoms with van der Waals surface area (Å²) in [7, 11) is 0. The summed E-state index contributed by atoms with van der Waals surface area (Å²) in [6, 6.07) is 0. The van der Waals surface area contributed by atoms with Gasteiger partial charge in [0.25, 0.3) is 0 Å². The molecule has 0 bridgehead atoms. The molecule has 2 heterocycles. The number of anilines is 2. The zero-order valence-corrected chi connectivity index (χ0v) is 9.86. The molecule has 0 atom stereocenters. The Morgan fingerprint density at radius 2 is 2.19 bits per heavy atom. The predicted octanol–water partition coefficient (Wildman–Crippen LogP) is 1.77. The van der Waals surface area contributed by atoms with Crippen LogP contribution in [0.1, 0.15) is 20.8 Å². The Hall–Kier alpha value is -1.78. The summed E-state index contributed by atoms with van der Waals surface area (Å²) < 4.78 is 1.87. The van der Waals surface area contributed by atoms with Gasteiger partial charge in [0.1, 0.15) is 5.82 Å². The van der Waals surface area contributed by atoms with Crippen LogP contribution >= 0.6 is 0 Å². The van der Waals surface area contributed by atoms with E-state index in [2.05, 4.69) is 36.1 Å². The minimum atomic E-state index is 0.190. The van der Waals surface area contributed by atoms with Crippen molar-refractivity contribution < 1.29 is 0 Å². The highest BCUT2D eigenvalue weighted by molar-refractivity contribution is 5.64. The molecular formula is C11H17N5. The van der Waals surface area contributed by atoms with Gasteiger partial charge in [0, 0.05) is 18.9 Å². The van der Waals surface area contributed by atoms with Crippen LogP contribution in [-0.2, 0) is 0 Å². The second-order valence-electron chi connectivity index (χ2n) is 5.09. The summed E-state index contributed by atoms with van der Waals surface area (Å²) in [4.78, 5) is 8.50. The van der Waals surface area contributed by atoms with Gasteiger partial charge in [-0.1, -0.05) is 20.8 Å². The van der Waals surface area contributed by atoms with Gasteiger partial charge < -0.3 is 15.5 Å². The lowest BCUT2D eigenvalue weighted by Gasteiger charge is -2.19. The molecule has 0 fully saturated rings. The lowest BCUT2D eigenvalue weighted by atomic mass is 9.97. The van der Waals surface area contributed by atoms with Crippen LogP contribution in [0, 0.1) is 5.41 Å². The van der Waals surface area contributed by atoms with E-state index >= 15 is 0 Å². The largest absolute Gasteiger partial charge is 0.382 e. The third-order valence-electron chi connectivity index (χ3n) is 2.18. The lowest BCUT2D eigenvalue weighted by Crippen LogP contribution is -2.20. The first kappa shape index (κ1) is 10.7. The van der Waals surface area contributed by atoms with Gasteiger partial charge in [-0.3, -0.25) is 0 Å². The molecule has 3 N–H and O–H groups in total. The molecule has 16 heavy (non-hydrogen) atoms. The van der Waals surface area contributed by atoms with Crippen LogP contribution in [0.15, 0.2) is 18.6 Å². The van der Waals surface area contributed by atoms with Crippen LogP contribution in [0.3, 0.4) is 0 Å². The first-order valence-corrected chi connectivity index (χ1v) is 5.29. The Bertz CT molecular complexity index is 495. The summed E-state index contributed by atoms with van der Waals surface area (Å²) in [6.45, 7) is 7.31. The molecule has 2 rings (SSSR count). The number of hydrogen-bond donors (Lipinski definition) is 2. The minimum Gasteiger partial charge on any atom is -0.382 e. The Morgan fingerprint density at radius 1 is 1.44 bits per heavy atom. The smallest absolute Gasteiger partial charge is 0.180 e. The van der Waals surface area contributed by atoms with Gasteiger partial charge >= 0.3 is 0 Å². The molecule has 5 nitrogen and oxygen atoms in total. The van der Waals surface area contributed by atoms with Gasteiger partial charge in [-0.25, -0.2) is 9.97 Å². The van der Waals surface area contributed by atoms with Crippen molar-refractivity contribution in [2.45, 2.75) is 20.8 Å². The average molecular weight is 219 g/mol. The van der Waals surface area contributed by atoms with E-state index in [0.717, 1.165) is 18.0 Å². The number of nitrogens with two attached hydrogens (primary N) is 1. The van der Waals surface area contributed by atoms with Crippen molar-refractivity contribution in [2.75, 3.05) is 17.6 Å². The molecule has 0 saturated heterocycles. The molecule has 0 radical (unpaired) electrons. The number of hydrogen-bond acceptors (Lipinski definition) is 4. The molecule has 5 heteroatoms. The van der Waals surface area contributed by atoms with E-state index in [9.17, 15) is 0 Å². The maximum absolute atomic E-state index is 5.72. The number of fused-ring (bicyclic) bond motifs is 1. The lowest BCUT2D eigenvalue weighted by molar-refractivity contribution is 0.442. The SMILES string of the molecule is CC(C)(C)CNc1nc(N)cn2ccnc12. The van der Waals surface area contributed by atoms with Crippen molar-refractivity contribution in [1.82, 2.24) is 14.4 Å². The monoisotopic (exact) mass is 219 g/mol. The van der Waals surface area contributed by atoms with E-state index < -0.39 is 0 Å². The predicted molar refractivity (Wildman–Crippen MR) is 65.3 cm³/mol. The summed E-state index contributed by atoms with van der Waals surface area (Å²) in [6.07, 6.45) is 5.35. The van der Waals surface area contributed by atoms with Crippen LogP contribution in [-0.4, -0.2) is 20.9 Å². The standard InChI is InChI=1S/C11H17N5/c1-11(2,3)7-14-9-10-13-4-5-16(10)6-8(12)15-9/h4-6H,7,12H2,1-3H3,(H,14,15). The van der Waals surface area contributed by atoms with Crippen LogP contribution in [0.2, 0.25) is 0 Å². The second kappa shape index (κ2) is 3.66. The topological polar surface area (TPSA) is 68.2 Å². The molecule has 2 aromatic heterocycles. The number of nitrogens with one attached hydrogen (secondary N) is 1. The molecule has 0 aliphatic carbocycles. The zero-order valence-electron chi connectivity index (χ0n) is 9.86. The third kappa shape index (κ3) is 2.24. The van der Waals surface area contributed by atoms with E-state index in [1.807, 2.05) is 10.6 Å². The number of rotatable bonds is 2. The van der Waals surface area contributed by atoms with Crippen molar-refractivity contribution in [3.8, 4) is 0 Å². The van der Waals surface area contributed by atoms with E-state index in [1.165, 1.54) is 0 Å². The molecule has 86 valence electrons. The normalized spacial score (nSPS) is 11.9. The summed E-state index contributed by atoms with van der Waals surface area (Å²) in [5.74, 6) is 1.22. The average Bonchev–Trinajstić information content (AvgIpc) is 2.60. The van der Waals surface area contributed by atoms with E-state index in [-0.39, 0.29) is 5.41 Å². The zero-order chi connectivity index (χ0) is 11.8. The van der Waals surface area contributed by atoms with Gasteiger partial charge in [0.2, 0.25) is 0 Å². The number of nitrogen functional groups attached to an aromatic ring is 1. The van der Waals surface area contributed by atoms with Crippen molar-refractivity contribution in [3.05, 3.63) is 18.6 Å². The number of imidazole rings is 1. The first-order valence-electron chi connectivity index (χ1n) is 5.29. The molecule has 2 aromatic rings. The van der Waals surface area contributed by atoms with Gasteiger partial charge in [0.05, 0.1) is 6.20 Å². The Labute approximate surface area is 94.7 Å². The third-order valence-corrected chi connectivity index (χ3v) is 2.18. The minimum absolute atomic E-state index is 0.190. The van der Waals surface area contributed by atoms with E-state index in [1.54, 1.807) is 12.4 Å². The van der Waals surface area contributed by atoms with E-state index in [0.29, 0.717) is 5.82 Å². The molecule has 0 spiro atoms. The molecule has 0 amide bonds. The Kier molecular flexibility index (Phi) is 2.46. The summed E-state index contributed by atoms with van der Waals surface area (Å²) in [5.41, 5.74) is 6.72.